The Bertz CT molecular complexity index is 445. The second-order valence-corrected chi connectivity index (χ2v) is 5.70. The molecule has 1 fully saturated rings. The summed E-state index contributed by atoms with van der Waals surface area (Å²) in [6.07, 6.45) is 3.51. The number of benzene rings is 1. The van der Waals surface area contributed by atoms with Crippen molar-refractivity contribution in [2.45, 2.75) is 51.7 Å². The van der Waals surface area contributed by atoms with Crippen LogP contribution in [0.25, 0.3) is 0 Å². The first-order valence-electron chi connectivity index (χ1n) is 7.95. The van der Waals surface area contributed by atoms with E-state index >= 15 is 0 Å². The van der Waals surface area contributed by atoms with Crippen molar-refractivity contribution in [3.63, 3.8) is 0 Å². The van der Waals surface area contributed by atoms with Gasteiger partial charge in [-0.05, 0) is 56.8 Å². The predicted molar refractivity (Wildman–Crippen MR) is 84.6 cm³/mol. The summed E-state index contributed by atoms with van der Waals surface area (Å²) >= 11 is 0. The van der Waals surface area contributed by atoms with Crippen LogP contribution in [0.4, 0.5) is 0 Å². The molecule has 1 aliphatic rings. The molecule has 4 nitrogen and oxygen atoms in total. The van der Waals surface area contributed by atoms with Crippen molar-refractivity contribution in [1.29, 1.82) is 0 Å². The van der Waals surface area contributed by atoms with E-state index in [-0.39, 0.29) is 12.0 Å². The minimum atomic E-state index is -0.348. The van der Waals surface area contributed by atoms with Gasteiger partial charge in [0.25, 0.3) is 5.91 Å². The summed E-state index contributed by atoms with van der Waals surface area (Å²) in [5.74, 6) is 0.786. The zero-order valence-electron chi connectivity index (χ0n) is 13.0. The van der Waals surface area contributed by atoms with Crippen molar-refractivity contribution in [2.24, 2.45) is 0 Å². The van der Waals surface area contributed by atoms with Crippen molar-refractivity contribution in [3.8, 4) is 5.75 Å². The molecule has 0 bridgehead atoms. The van der Waals surface area contributed by atoms with Crippen molar-refractivity contribution in [3.05, 3.63) is 29.8 Å². The van der Waals surface area contributed by atoms with Crippen LogP contribution in [0.2, 0.25) is 0 Å². The summed E-state index contributed by atoms with van der Waals surface area (Å²) in [4.78, 5) is 11.9. The maximum absolute atomic E-state index is 11.9. The molecule has 1 aliphatic heterocycles. The van der Waals surface area contributed by atoms with E-state index < -0.39 is 0 Å². The molecule has 0 aromatic heterocycles. The number of likely N-dealkylation sites (N-methyl/N-ethyl adjacent to an activating group) is 1. The predicted octanol–water partition coefficient (Wildman–Crippen LogP) is 2.27. The van der Waals surface area contributed by atoms with Crippen LogP contribution in [-0.4, -0.2) is 31.1 Å². The second kappa shape index (κ2) is 8.03. The maximum Gasteiger partial charge on any atom is 0.261 e. The first kappa shape index (κ1) is 15.8. The quantitative estimate of drug-likeness (QED) is 0.845. The molecule has 1 heterocycles. The largest absolute Gasteiger partial charge is 0.481 e. The van der Waals surface area contributed by atoms with Gasteiger partial charge in [0.1, 0.15) is 5.75 Å². The third kappa shape index (κ3) is 5.05. The molecule has 116 valence electrons. The van der Waals surface area contributed by atoms with Gasteiger partial charge in [0.15, 0.2) is 6.10 Å². The summed E-state index contributed by atoms with van der Waals surface area (Å²) in [7, 11) is 0. The van der Waals surface area contributed by atoms with Gasteiger partial charge in [-0.3, -0.25) is 4.79 Å². The summed E-state index contributed by atoms with van der Waals surface area (Å²) < 4.78 is 5.83. The SMILES string of the molecule is CCNC(C)Cc1ccc(OC2CCCCNC2=O)cc1. The highest BCUT2D eigenvalue weighted by atomic mass is 16.5. The Labute approximate surface area is 127 Å². The monoisotopic (exact) mass is 290 g/mol. The molecule has 2 atom stereocenters. The van der Waals surface area contributed by atoms with E-state index in [1.165, 1.54) is 5.56 Å². The Morgan fingerprint density at radius 3 is 2.81 bits per heavy atom. The van der Waals surface area contributed by atoms with Crippen LogP contribution >= 0.6 is 0 Å². The summed E-state index contributed by atoms with van der Waals surface area (Å²) in [6, 6.07) is 8.56. The topological polar surface area (TPSA) is 50.4 Å². The van der Waals surface area contributed by atoms with Gasteiger partial charge in [-0.25, -0.2) is 0 Å². The normalized spacial score (nSPS) is 20.5. The van der Waals surface area contributed by atoms with Gasteiger partial charge in [-0.1, -0.05) is 19.1 Å². The Morgan fingerprint density at radius 1 is 1.33 bits per heavy atom. The number of hydrogen-bond donors (Lipinski definition) is 2. The van der Waals surface area contributed by atoms with Crippen molar-refractivity contribution in [2.75, 3.05) is 13.1 Å². The van der Waals surface area contributed by atoms with Crippen molar-refractivity contribution < 1.29 is 9.53 Å². The highest BCUT2D eigenvalue weighted by Crippen LogP contribution is 2.18. The summed E-state index contributed by atoms with van der Waals surface area (Å²) in [5.41, 5.74) is 1.28. The van der Waals surface area contributed by atoms with Gasteiger partial charge in [-0.2, -0.15) is 0 Å². The fraction of sp³-hybridized carbons (Fsp3) is 0.588. The van der Waals surface area contributed by atoms with E-state index in [2.05, 4.69) is 36.6 Å². The smallest absolute Gasteiger partial charge is 0.261 e. The van der Waals surface area contributed by atoms with Crippen LogP contribution in [0.5, 0.6) is 5.75 Å². The molecule has 0 spiro atoms. The first-order valence-corrected chi connectivity index (χ1v) is 7.95. The van der Waals surface area contributed by atoms with Gasteiger partial charge in [0, 0.05) is 12.6 Å². The average molecular weight is 290 g/mol. The van der Waals surface area contributed by atoms with Crippen LogP contribution in [0.1, 0.15) is 38.7 Å². The van der Waals surface area contributed by atoms with Gasteiger partial charge >= 0.3 is 0 Å². The Balaban J connectivity index is 1.90. The lowest BCUT2D eigenvalue weighted by atomic mass is 10.1. The minimum absolute atomic E-state index is 0.0114. The number of rotatable bonds is 6. The number of hydrogen-bond acceptors (Lipinski definition) is 3. The Morgan fingerprint density at radius 2 is 2.10 bits per heavy atom. The summed E-state index contributed by atoms with van der Waals surface area (Å²) in [6.45, 7) is 6.05. The number of carbonyl (C=O) groups is 1. The van der Waals surface area contributed by atoms with Gasteiger partial charge < -0.3 is 15.4 Å². The van der Waals surface area contributed by atoms with Crippen molar-refractivity contribution >= 4 is 5.91 Å². The standard InChI is InChI=1S/C17H26N2O2/c1-3-18-13(2)12-14-7-9-15(10-8-14)21-16-6-4-5-11-19-17(16)20/h7-10,13,16,18H,3-6,11-12H2,1-2H3,(H,19,20). The Hall–Kier alpha value is -1.55. The van der Waals surface area contributed by atoms with E-state index in [1.54, 1.807) is 0 Å². The van der Waals surface area contributed by atoms with Crippen LogP contribution in [-0.2, 0) is 11.2 Å². The van der Waals surface area contributed by atoms with E-state index in [1.807, 2.05) is 12.1 Å². The van der Waals surface area contributed by atoms with E-state index in [4.69, 9.17) is 4.74 Å². The molecule has 4 heteroatoms. The maximum atomic E-state index is 11.9. The van der Waals surface area contributed by atoms with E-state index in [9.17, 15) is 4.79 Å². The lowest BCUT2D eigenvalue weighted by Gasteiger charge is -2.16. The zero-order chi connectivity index (χ0) is 15.1. The molecule has 2 unspecified atom stereocenters. The molecular formula is C17H26N2O2. The van der Waals surface area contributed by atoms with Crippen LogP contribution < -0.4 is 15.4 Å². The van der Waals surface area contributed by atoms with Crippen LogP contribution in [0.15, 0.2) is 24.3 Å². The molecule has 1 aromatic carbocycles. The number of carbonyl (C=O) groups excluding carboxylic acids is 1. The zero-order valence-corrected chi connectivity index (χ0v) is 13.0. The highest BCUT2D eigenvalue weighted by molar-refractivity contribution is 5.81. The third-order valence-corrected chi connectivity index (χ3v) is 3.78. The molecule has 21 heavy (non-hydrogen) atoms. The van der Waals surface area contributed by atoms with Crippen LogP contribution in [0, 0.1) is 0 Å². The fourth-order valence-corrected chi connectivity index (χ4v) is 2.67. The average Bonchev–Trinajstić information content (AvgIpc) is 2.66. The summed E-state index contributed by atoms with van der Waals surface area (Å²) in [5, 5.41) is 6.30. The molecule has 1 amide bonds. The van der Waals surface area contributed by atoms with Gasteiger partial charge in [0.05, 0.1) is 0 Å². The molecule has 2 rings (SSSR count). The van der Waals surface area contributed by atoms with Gasteiger partial charge in [0.2, 0.25) is 0 Å². The minimum Gasteiger partial charge on any atom is -0.481 e. The lowest BCUT2D eigenvalue weighted by Crippen LogP contribution is -2.36. The number of ether oxygens (including phenoxy) is 1. The molecular weight excluding hydrogens is 264 g/mol. The fourth-order valence-electron chi connectivity index (χ4n) is 2.67. The van der Waals surface area contributed by atoms with Crippen LogP contribution in [0.3, 0.4) is 0 Å². The third-order valence-electron chi connectivity index (χ3n) is 3.78. The molecule has 2 N–H and O–H groups in total. The van der Waals surface area contributed by atoms with Crippen molar-refractivity contribution in [1.82, 2.24) is 10.6 Å². The molecule has 0 aliphatic carbocycles. The molecule has 1 aromatic rings. The number of amides is 1. The molecule has 0 saturated carbocycles. The Kier molecular flexibility index (Phi) is 6.05. The molecule has 0 radical (unpaired) electrons. The van der Waals surface area contributed by atoms with Gasteiger partial charge in [-0.15, -0.1) is 0 Å². The van der Waals surface area contributed by atoms with E-state index in [0.717, 1.165) is 44.5 Å². The highest BCUT2D eigenvalue weighted by Gasteiger charge is 2.22. The number of nitrogens with one attached hydrogen (secondary N) is 2. The molecule has 1 saturated heterocycles. The lowest BCUT2D eigenvalue weighted by molar-refractivity contribution is -0.127. The second-order valence-electron chi connectivity index (χ2n) is 5.70. The van der Waals surface area contributed by atoms with E-state index in [0.29, 0.717) is 6.04 Å². The first-order chi connectivity index (χ1) is 10.2.